The predicted octanol–water partition coefficient (Wildman–Crippen LogP) is 1.54. The Morgan fingerprint density at radius 2 is 1.81 bits per heavy atom. The van der Waals surface area contributed by atoms with Crippen LogP contribution in [0.5, 0.6) is 0 Å². The average Bonchev–Trinajstić information content (AvgIpc) is 2.22. The van der Waals surface area contributed by atoms with Crippen LogP contribution in [-0.4, -0.2) is 45.8 Å². The van der Waals surface area contributed by atoms with Crippen molar-refractivity contribution in [3.8, 4) is 0 Å². The van der Waals surface area contributed by atoms with E-state index in [1.54, 1.807) is 0 Å². The van der Waals surface area contributed by atoms with Crippen molar-refractivity contribution in [1.82, 2.24) is 9.62 Å². The van der Waals surface area contributed by atoms with E-state index in [1.807, 2.05) is 13.8 Å². The molecule has 16 heavy (non-hydrogen) atoms. The van der Waals surface area contributed by atoms with Crippen LogP contribution in [0.1, 0.15) is 35.0 Å². The molecule has 4 nitrogen and oxygen atoms in total. The lowest BCUT2D eigenvalue weighted by Gasteiger charge is -2.29. The average molecular weight is 252 g/mol. The molecule has 0 atom stereocenters. The van der Waals surface area contributed by atoms with Crippen molar-refractivity contribution in [1.29, 1.82) is 0 Å². The molecule has 1 aliphatic rings. The first-order chi connectivity index (χ1) is 7.47. The third-order valence-corrected chi connectivity index (χ3v) is 3.40. The van der Waals surface area contributed by atoms with Crippen LogP contribution >= 0.6 is 0 Å². The van der Waals surface area contributed by atoms with Crippen LogP contribution in [0, 0.1) is 5.92 Å². The molecule has 1 rings (SSSR count). The minimum absolute atomic E-state index is 0. The second-order valence-electron chi connectivity index (χ2n) is 4.19. The molecule has 1 heterocycles. The van der Waals surface area contributed by atoms with E-state index in [9.17, 15) is 8.42 Å². The fraction of sp³-hybridized carbons (Fsp3) is 1.00. The molecule has 0 aromatic rings. The third-order valence-electron chi connectivity index (χ3n) is 2.67. The molecule has 1 aliphatic heterocycles. The normalized spacial score (nSPS) is 19.0. The highest BCUT2D eigenvalue weighted by Crippen LogP contribution is 2.14. The molecular weight excluding hydrogens is 224 g/mol. The monoisotopic (exact) mass is 252 g/mol. The summed E-state index contributed by atoms with van der Waals surface area (Å²) in [5.74, 6) is 0.828. The largest absolute Gasteiger partial charge is 0.302 e. The molecule has 0 aromatic carbocycles. The molecule has 0 saturated carbocycles. The van der Waals surface area contributed by atoms with Crippen molar-refractivity contribution in [3.63, 3.8) is 0 Å². The number of sulfonamides is 1. The number of piperidine rings is 1. The van der Waals surface area contributed by atoms with Crippen molar-refractivity contribution in [3.05, 3.63) is 0 Å². The molecule has 0 bridgehead atoms. The summed E-state index contributed by atoms with van der Waals surface area (Å²) in [6.07, 6.45) is 3.67. The molecule has 0 amide bonds. The smallest absolute Gasteiger partial charge is 0.208 e. The van der Waals surface area contributed by atoms with Crippen molar-refractivity contribution in [2.75, 3.05) is 32.4 Å². The number of nitrogens with zero attached hydrogens (tertiary/aromatic N) is 1. The first-order valence-electron chi connectivity index (χ1n) is 6.14. The van der Waals surface area contributed by atoms with E-state index in [0.717, 1.165) is 25.6 Å². The van der Waals surface area contributed by atoms with Gasteiger partial charge in [-0.2, -0.15) is 0 Å². The van der Waals surface area contributed by atoms with Gasteiger partial charge in [-0.3, -0.25) is 0 Å². The summed E-state index contributed by atoms with van der Waals surface area (Å²) >= 11 is 0. The maximum atomic E-state index is 10.8. The van der Waals surface area contributed by atoms with Crippen molar-refractivity contribution in [2.45, 2.75) is 33.6 Å². The standard InChI is InChI=1S/C9H20N2O2S.C2H6.H2/c1-9-3-6-11(7-4-9)8-5-10-14(2,12)13;1-2;/h9-10H,3-8H2,1-2H3;1-2H3;1H. The number of hydrogen-bond acceptors (Lipinski definition) is 3. The first kappa shape index (κ1) is 15.9. The summed E-state index contributed by atoms with van der Waals surface area (Å²) in [6, 6.07) is 0. The van der Waals surface area contributed by atoms with Gasteiger partial charge in [0.05, 0.1) is 6.26 Å². The zero-order valence-electron chi connectivity index (χ0n) is 11.0. The van der Waals surface area contributed by atoms with E-state index in [1.165, 1.54) is 19.1 Å². The SMILES string of the molecule is CC.CC1CCN(CCNS(C)(=O)=O)CC1.[HH]. The van der Waals surface area contributed by atoms with Crippen molar-refractivity contribution < 1.29 is 9.84 Å². The number of hydrogen-bond donors (Lipinski definition) is 1. The lowest BCUT2D eigenvalue weighted by Crippen LogP contribution is -2.38. The Hall–Kier alpha value is -0.130. The molecule has 0 aliphatic carbocycles. The summed E-state index contributed by atoms with van der Waals surface area (Å²) in [6.45, 7) is 9.85. The zero-order chi connectivity index (χ0) is 12.6. The summed E-state index contributed by atoms with van der Waals surface area (Å²) in [4.78, 5) is 2.32. The summed E-state index contributed by atoms with van der Waals surface area (Å²) < 4.78 is 24.1. The molecule has 100 valence electrons. The Bertz CT molecular complexity index is 263. The van der Waals surface area contributed by atoms with Gasteiger partial charge in [-0.05, 0) is 31.8 Å². The van der Waals surface area contributed by atoms with Crippen molar-refractivity contribution >= 4 is 10.0 Å². The van der Waals surface area contributed by atoms with Crippen LogP contribution in [0.4, 0.5) is 0 Å². The van der Waals surface area contributed by atoms with Gasteiger partial charge in [0.1, 0.15) is 0 Å². The fourth-order valence-electron chi connectivity index (χ4n) is 1.67. The van der Waals surface area contributed by atoms with Crippen LogP contribution in [0.2, 0.25) is 0 Å². The van der Waals surface area contributed by atoms with Crippen LogP contribution in [0.3, 0.4) is 0 Å². The Kier molecular flexibility index (Phi) is 7.97. The molecule has 0 spiro atoms. The Balaban J connectivity index is 0. The first-order valence-corrected chi connectivity index (χ1v) is 8.03. The predicted molar refractivity (Wildman–Crippen MR) is 71.1 cm³/mol. The topological polar surface area (TPSA) is 49.4 Å². The van der Waals surface area contributed by atoms with Gasteiger partial charge in [0.2, 0.25) is 10.0 Å². The maximum Gasteiger partial charge on any atom is 0.208 e. The van der Waals surface area contributed by atoms with Gasteiger partial charge in [0.25, 0.3) is 0 Å². The van der Waals surface area contributed by atoms with E-state index >= 15 is 0 Å². The Morgan fingerprint density at radius 1 is 1.31 bits per heavy atom. The fourth-order valence-corrected chi connectivity index (χ4v) is 2.14. The van der Waals surface area contributed by atoms with Crippen LogP contribution in [-0.2, 0) is 10.0 Å². The van der Waals surface area contributed by atoms with E-state index in [2.05, 4.69) is 16.5 Å². The van der Waals surface area contributed by atoms with Gasteiger partial charge in [0.15, 0.2) is 0 Å². The van der Waals surface area contributed by atoms with Gasteiger partial charge < -0.3 is 4.90 Å². The van der Waals surface area contributed by atoms with Gasteiger partial charge in [-0.25, -0.2) is 13.1 Å². The van der Waals surface area contributed by atoms with E-state index < -0.39 is 10.0 Å². The Labute approximate surface area is 102 Å². The maximum absolute atomic E-state index is 10.8. The molecule has 1 fully saturated rings. The minimum Gasteiger partial charge on any atom is -0.302 e. The highest BCUT2D eigenvalue weighted by Gasteiger charge is 2.15. The lowest BCUT2D eigenvalue weighted by molar-refractivity contribution is 0.195. The number of rotatable bonds is 4. The molecule has 5 heteroatoms. The van der Waals surface area contributed by atoms with Crippen LogP contribution < -0.4 is 4.72 Å². The van der Waals surface area contributed by atoms with Crippen molar-refractivity contribution in [2.24, 2.45) is 5.92 Å². The highest BCUT2D eigenvalue weighted by atomic mass is 32.2. The zero-order valence-corrected chi connectivity index (χ0v) is 11.8. The van der Waals surface area contributed by atoms with Crippen LogP contribution in [0.25, 0.3) is 0 Å². The number of likely N-dealkylation sites (tertiary alicyclic amines) is 1. The summed E-state index contributed by atoms with van der Waals surface area (Å²) in [5.41, 5.74) is 0. The van der Waals surface area contributed by atoms with Gasteiger partial charge in [-0.15, -0.1) is 0 Å². The molecule has 0 aromatic heterocycles. The number of nitrogens with one attached hydrogen (secondary N) is 1. The van der Waals surface area contributed by atoms with E-state index in [-0.39, 0.29) is 1.43 Å². The van der Waals surface area contributed by atoms with Gasteiger partial charge >= 0.3 is 0 Å². The van der Waals surface area contributed by atoms with Gasteiger partial charge in [0, 0.05) is 14.5 Å². The second kappa shape index (κ2) is 8.03. The van der Waals surface area contributed by atoms with Gasteiger partial charge in [-0.1, -0.05) is 20.8 Å². The minimum atomic E-state index is -3.01. The second-order valence-corrected chi connectivity index (χ2v) is 6.02. The third kappa shape index (κ3) is 8.07. The summed E-state index contributed by atoms with van der Waals surface area (Å²) in [5, 5.41) is 0. The molecular formula is C11H28N2O2S. The molecule has 0 unspecified atom stereocenters. The quantitative estimate of drug-likeness (QED) is 0.825. The summed E-state index contributed by atoms with van der Waals surface area (Å²) in [7, 11) is -3.01. The van der Waals surface area contributed by atoms with E-state index in [4.69, 9.17) is 0 Å². The lowest BCUT2D eigenvalue weighted by atomic mass is 9.99. The Morgan fingerprint density at radius 3 is 2.25 bits per heavy atom. The van der Waals surface area contributed by atoms with E-state index in [0.29, 0.717) is 6.54 Å². The van der Waals surface area contributed by atoms with Crippen LogP contribution in [0.15, 0.2) is 0 Å². The highest BCUT2D eigenvalue weighted by molar-refractivity contribution is 7.88. The molecule has 1 saturated heterocycles. The molecule has 1 N–H and O–H groups in total. The molecule has 0 radical (unpaired) electrons.